The van der Waals surface area contributed by atoms with Crippen molar-refractivity contribution < 1.29 is 9.18 Å². The van der Waals surface area contributed by atoms with Gasteiger partial charge in [-0.3, -0.25) is 4.79 Å². The molecule has 5 nitrogen and oxygen atoms in total. The average molecular weight is 340 g/mol. The van der Waals surface area contributed by atoms with Crippen LogP contribution in [0.4, 0.5) is 4.39 Å². The number of amides is 1. The number of fused-ring (bicyclic) bond motifs is 1. The molecule has 0 spiro atoms. The van der Waals surface area contributed by atoms with Crippen LogP contribution in [0.15, 0.2) is 42.6 Å². The van der Waals surface area contributed by atoms with E-state index in [2.05, 4.69) is 29.1 Å². The van der Waals surface area contributed by atoms with Crippen molar-refractivity contribution >= 4 is 17.1 Å². The first-order chi connectivity index (χ1) is 12.0. The Balaban J connectivity index is 1.95. The summed E-state index contributed by atoms with van der Waals surface area (Å²) in [6, 6.07) is 9.36. The molecule has 1 atom stereocenters. The van der Waals surface area contributed by atoms with Gasteiger partial charge in [-0.05, 0) is 36.6 Å². The van der Waals surface area contributed by atoms with Gasteiger partial charge in [0.2, 0.25) is 0 Å². The van der Waals surface area contributed by atoms with Crippen LogP contribution >= 0.6 is 0 Å². The lowest BCUT2D eigenvalue weighted by Gasteiger charge is -2.20. The summed E-state index contributed by atoms with van der Waals surface area (Å²) in [6.07, 6.45) is 2.40. The number of benzene rings is 1. The molecule has 0 aliphatic rings. The van der Waals surface area contributed by atoms with Gasteiger partial charge in [0.05, 0.1) is 11.6 Å². The maximum Gasteiger partial charge on any atom is 0.254 e. The van der Waals surface area contributed by atoms with E-state index in [0.717, 1.165) is 11.2 Å². The molecule has 2 heterocycles. The summed E-state index contributed by atoms with van der Waals surface area (Å²) in [6.45, 7) is 4.15. The van der Waals surface area contributed by atoms with Gasteiger partial charge in [0.25, 0.3) is 5.91 Å². The highest BCUT2D eigenvalue weighted by Gasteiger charge is 2.23. The summed E-state index contributed by atoms with van der Waals surface area (Å²) in [5.74, 6) is 0.0736. The quantitative estimate of drug-likeness (QED) is 0.772. The van der Waals surface area contributed by atoms with Crippen molar-refractivity contribution in [2.75, 3.05) is 0 Å². The molecule has 0 unspecified atom stereocenters. The van der Waals surface area contributed by atoms with Crippen LogP contribution < -0.4 is 5.32 Å². The Labute approximate surface area is 145 Å². The molecule has 0 fully saturated rings. The smallest absolute Gasteiger partial charge is 0.254 e. The second kappa shape index (κ2) is 7.01. The highest BCUT2D eigenvalue weighted by molar-refractivity contribution is 5.94. The van der Waals surface area contributed by atoms with Crippen LogP contribution in [0.1, 0.15) is 42.5 Å². The number of pyridine rings is 1. The molecule has 0 bridgehead atoms. The molecule has 6 heteroatoms. The maximum absolute atomic E-state index is 13.9. The van der Waals surface area contributed by atoms with Gasteiger partial charge in [0.1, 0.15) is 17.2 Å². The normalized spacial score (nSPS) is 12.5. The van der Waals surface area contributed by atoms with Crippen molar-refractivity contribution in [3.63, 3.8) is 0 Å². The Morgan fingerprint density at radius 1 is 1.24 bits per heavy atom. The second-order valence-electron chi connectivity index (χ2n) is 6.51. The van der Waals surface area contributed by atoms with Gasteiger partial charge in [0, 0.05) is 13.2 Å². The van der Waals surface area contributed by atoms with E-state index in [1.54, 1.807) is 18.3 Å². The van der Waals surface area contributed by atoms with E-state index in [4.69, 9.17) is 0 Å². The van der Waals surface area contributed by atoms with Crippen LogP contribution in [-0.4, -0.2) is 20.4 Å². The van der Waals surface area contributed by atoms with Gasteiger partial charge < -0.3 is 9.88 Å². The lowest BCUT2D eigenvalue weighted by molar-refractivity contribution is 0.0925. The van der Waals surface area contributed by atoms with Gasteiger partial charge in [-0.15, -0.1) is 0 Å². The molecule has 0 aliphatic carbocycles. The zero-order valence-electron chi connectivity index (χ0n) is 14.5. The van der Waals surface area contributed by atoms with E-state index < -0.39 is 11.7 Å². The molecule has 1 aromatic carbocycles. The molecule has 1 amide bonds. The lowest BCUT2D eigenvalue weighted by Crippen LogP contribution is -2.31. The molecule has 0 saturated heterocycles. The van der Waals surface area contributed by atoms with E-state index >= 15 is 0 Å². The number of aromatic nitrogens is 3. The predicted octanol–water partition coefficient (Wildman–Crippen LogP) is 3.62. The summed E-state index contributed by atoms with van der Waals surface area (Å²) < 4.78 is 15.8. The summed E-state index contributed by atoms with van der Waals surface area (Å²) in [7, 11) is 1.88. The van der Waals surface area contributed by atoms with Crippen LogP contribution in [0.2, 0.25) is 0 Å². The number of aryl methyl sites for hydroxylation is 1. The topological polar surface area (TPSA) is 59.8 Å². The zero-order chi connectivity index (χ0) is 18.0. The highest BCUT2D eigenvalue weighted by atomic mass is 19.1. The summed E-state index contributed by atoms with van der Waals surface area (Å²) in [5, 5.41) is 2.93. The van der Waals surface area contributed by atoms with E-state index in [0.29, 0.717) is 18.2 Å². The van der Waals surface area contributed by atoms with Gasteiger partial charge >= 0.3 is 0 Å². The molecule has 0 saturated carbocycles. The van der Waals surface area contributed by atoms with E-state index in [9.17, 15) is 9.18 Å². The van der Waals surface area contributed by atoms with Crippen molar-refractivity contribution in [1.82, 2.24) is 19.9 Å². The number of nitrogens with zero attached hydrogens (tertiary/aromatic N) is 3. The third-order valence-electron chi connectivity index (χ3n) is 4.11. The Bertz CT molecular complexity index is 903. The fourth-order valence-electron chi connectivity index (χ4n) is 2.93. The Hall–Kier alpha value is -2.76. The standard InChI is InChI=1S/C19H21FN4O/c1-12(2)11-16(23-19(25)13-7-4-5-8-14(13)20)18-22-15-9-6-10-21-17(15)24(18)3/h4-10,12,16H,11H2,1-3H3,(H,23,25)/t16-/m0/s1. The lowest BCUT2D eigenvalue weighted by atomic mass is 10.0. The molecule has 3 aromatic rings. The summed E-state index contributed by atoms with van der Waals surface area (Å²) >= 11 is 0. The summed E-state index contributed by atoms with van der Waals surface area (Å²) in [4.78, 5) is 21.5. The van der Waals surface area contributed by atoms with Crippen LogP contribution in [0, 0.1) is 11.7 Å². The van der Waals surface area contributed by atoms with Gasteiger partial charge in [-0.1, -0.05) is 26.0 Å². The molecule has 25 heavy (non-hydrogen) atoms. The molecule has 130 valence electrons. The Morgan fingerprint density at radius 3 is 2.68 bits per heavy atom. The molecule has 3 rings (SSSR count). The largest absolute Gasteiger partial charge is 0.342 e. The fraction of sp³-hybridized carbons (Fsp3) is 0.316. The van der Waals surface area contributed by atoms with Crippen molar-refractivity contribution in [2.45, 2.75) is 26.3 Å². The maximum atomic E-state index is 13.9. The van der Waals surface area contributed by atoms with Crippen LogP contribution in [0.3, 0.4) is 0 Å². The monoisotopic (exact) mass is 340 g/mol. The minimum absolute atomic E-state index is 0.0353. The van der Waals surface area contributed by atoms with Crippen LogP contribution in [0.5, 0.6) is 0 Å². The molecule has 1 N–H and O–H groups in total. The minimum Gasteiger partial charge on any atom is -0.342 e. The van der Waals surface area contributed by atoms with E-state index in [-0.39, 0.29) is 11.6 Å². The third kappa shape index (κ3) is 3.52. The number of hydrogen-bond donors (Lipinski definition) is 1. The SMILES string of the molecule is CC(C)C[C@H](NC(=O)c1ccccc1F)c1nc2cccnc2n1C. The number of halogens is 1. The number of nitrogens with one attached hydrogen (secondary N) is 1. The number of rotatable bonds is 5. The van der Waals surface area contributed by atoms with Crippen molar-refractivity contribution in [2.24, 2.45) is 13.0 Å². The average Bonchev–Trinajstić information content (AvgIpc) is 2.91. The number of carbonyl (C=O) groups is 1. The zero-order valence-corrected chi connectivity index (χ0v) is 14.5. The van der Waals surface area contributed by atoms with Crippen LogP contribution in [0.25, 0.3) is 11.2 Å². The van der Waals surface area contributed by atoms with Crippen molar-refractivity contribution in [3.05, 3.63) is 59.8 Å². The molecular formula is C19H21FN4O. The van der Waals surface area contributed by atoms with Crippen molar-refractivity contribution in [1.29, 1.82) is 0 Å². The Morgan fingerprint density at radius 2 is 2.00 bits per heavy atom. The van der Waals surface area contributed by atoms with Gasteiger partial charge in [0.15, 0.2) is 5.65 Å². The van der Waals surface area contributed by atoms with Gasteiger partial charge in [-0.25, -0.2) is 14.4 Å². The summed E-state index contributed by atoms with van der Waals surface area (Å²) in [5.41, 5.74) is 1.56. The van der Waals surface area contributed by atoms with E-state index in [1.807, 2.05) is 23.7 Å². The fourth-order valence-corrected chi connectivity index (χ4v) is 2.93. The molecular weight excluding hydrogens is 319 g/mol. The minimum atomic E-state index is -0.532. The van der Waals surface area contributed by atoms with E-state index in [1.165, 1.54) is 12.1 Å². The first-order valence-electron chi connectivity index (χ1n) is 8.30. The Kier molecular flexibility index (Phi) is 4.79. The highest BCUT2D eigenvalue weighted by Crippen LogP contribution is 2.24. The molecule has 2 aromatic heterocycles. The van der Waals surface area contributed by atoms with Crippen LogP contribution in [-0.2, 0) is 7.05 Å². The van der Waals surface area contributed by atoms with Gasteiger partial charge in [-0.2, -0.15) is 0 Å². The molecule has 0 radical (unpaired) electrons. The first-order valence-corrected chi connectivity index (χ1v) is 8.30. The predicted molar refractivity (Wildman–Crippen MR) is 94.6 cm³/mol. The van der Waals surface area contributed by atoms with Crippen molar-refractivity contribution in [3.8, 4) is 0 Å². The number of carbonyl (C=O) groups excluding carboxylic acids is 1. The number of hydrogen-bond acceptors (Lipinski definition) is 3. The number of imidazole rings is 1. The first kappa shape index (κ1) is 17.1. The second-order valence-corrected chi connectivity index (χ2v) is 6.51. The molecule has 0 aliphatic heterocycles. The third-order valence-corrected chi connectivity index (χ3v) is 4.11.